The maximum Gasteiger partial charge on any atom is 0.246 e. The van der Waals surface area contributed by atoms with E-state index in [9.17, 15) is 4.79 Å². The summed E-state index contributed by atoms with van der Waals surface area (Å²) < 4.78 is 6.84. The molecule has 21 heavy (non-hydrogen) atoms. The third-order valence-corrected chi connectivity index (χ3v) is 3.36. The number of anilines is 2. The number of amides is 1. The Hall–Kier alpha value is -2.50. The molecule has 2 rings (SSSR count). The summed E-state index contributed by atoms with van der Waals surface area (Å²) in [6.07, 6.45) is 0. The van der Waals surface area contributed by atoms with E-state index < -0.39 is 0 Å². The van der Waals surface area contributed by atoms with Crippen LogP contribution in [0, 0.1) is 20.8 Å². The minimum atomic E-state index is -0.176. The summed E-state index contributed by atoms with van der Waals surface area (Å²) in [4.78, 5) is 12.2. The standard InChI is InChI=1S/C15H20N4O2/c1-9-5-6-13(21-4)12(7-9)17-14(20)8-19-11(3)15(16)10(2)18-19/h5-7H,8,16H2,1-4H3,(H,17,20). The Kier molecular flexibility index (Phi) is 4.16. The number of hydrogen-bond acceptors (Lipinski definition) is 4. The number of ether oxygens (including phenoxy) is 1. The molecule has 0 aliphatic carbocycles. The van der Waals surface area contributed by atoms with E-state index >= 15 is 0 Å². The largest absolute Gasteiger partial charge is 0.495 e. The van der Waals surface area contributed by atoms with Gasteiger partial charge in [-0.3, -0.25) is 9.48 Å². The molecule has 1 heterocycles. The number of methoxy groups -OCH3 is 1. The van der Waals surface area contributed by atoms with Crippen LogP contribution in [0.1, 0.15) is 17.0 Å². The Morgan fingerprint density at radius 2 is 2.10 bits per heavy atom. The van der Waals surface area contributed by atoms with Crippen LogP contribution in [0.3, 0.4) is 0 Å². The third kappa shape index (κ3) is 3.16. The number of aromatic nitrogens is 2. The highest BCUT2D eigenvalue weighted by Crippen LogP contribution is 2.25. The third-order valence-electron chi connectivity index (χ3n) is 3.36. The van der Waals surface area contributed by atoms with Crippen molar-refractivity contribution in [3.05, 3.63) is 35.2 Å². The SMILES string of the molecule is COc1ccc(C)cc1NC(=O)Cn1nc(C)c(N)c1C. The highest BCUT2D eigenvalue weighted by atomic mass is 16.5. The van der Waals surface area contributed by atoms with Gasteiger partial charge >= 0.3 is 0 Å². The van der Waals surface area contributed by atoms with Gasteiger partial charge in [-0.05, 0) is 38.5 Å². The summed E-state index contributed by atoms with van der Waals surface area (Å²) >= 11 is 0. The Morgan fingerprint density at radius 3 is 2.67 bits per heavy atom. The quantitative estimate of drug-likeness (QED) is 0.902. The van der Waals surface area contributed by atoms with Gasteiger partial charge in [0.1, 0.15) is 12.3 Å². The monoisotopic (exact) mass is 288 g/mol. The van der Waals surface area contributed by atoms with Crippen molar-refractivity contribution in [1.82, 2.24) is 9.78 Å². The highest BCUT2D eigenvalue weighted by Gasteiger charge is 2.13. The van der Waals surface area contributed by atoms with Gasteiger partial charge in [-0.15, -0.1) is 0 Å². The van der Waals surface area contributed by atoms with Gasteiger partial charge in [0.2, 0.25) is 5.91 Å². The molecule has 0 saturated heterocycles. The Bertz CT molecular complexity index is 677. The van der Waals surface area contributed by atoms with E-state index in [4.69, 9.17) is 10.5 Å². The summed E-state index contributed by atoms with van der Waals surface area (Å²) in [5, 5.41) is 7.09. The molecule has 0 saturated carbocycles. The molecule has 0 fully saturated rings. The smallest absolute Gasteiger partial charge is 0.246 e. The van der Waals surface area contributed by atoms with Crippen LogP contribution in [0.5, 0.6) is 5.75 Å². The van der Waals surface area contributed by atoms with E-state index in [1.807, 2.05) is 39.0 Å². The molecule has 1 aromatic heterocycles. The molecule has 3 N–H and O–H groups in total. The normalized spacial score (nSPS) is 10.5. The fourth-order valence-corrected chi connectivity index (χ4v) is 2.11. The number of nitrogens with one attached hydrogen (secondary N) is 1. The lowest BCUT2D eigenvalue weighted by molar-refractivity contribution is -0.116. The zero-order chi connectivity index (χ0) is 15.6. The van der Waals surface area contributed by atoms with Crippen molar-refractivity contribution in [3.63, 3.8) is 0 Å². The van der Waals surface area contributed by atoms with Crippen LogP contribution in [0.4, 0.5) is 11.4 Å². The second-order valence-electron chi connectivity index (χ2n) is 4.99. The summed E-state index contributed by atoms with van der Waals surface area (Å²) in [5.41, 5.74) is 9.70. The lowest BCUT2D eigenvalue weighted by Gasteiger charge is -2.11. The Labute approximate surface area is 123 Å². The number of nitrogens with zero attached hydrogens (tertiary/aromatic N) is 2. The van der Waals surface area contributed by atoms with Crippen LogP contribution in [0.15, 0.2) is 18.2 Å². The molecule has 6 heteroatoms. The first kappa shape index (κ1) is 14.9. The van der Waals surface area contributed by atoms with Crippen molar-refractivity contribution in [3.8, 4) is 5.75 Å². The lowest BCUT2D eigenvalue weighted by atomic mass is 10.2. The molecule has 0 atom stereocenters. The Balaban J connectivity index is 2.15. The average molecular weight is 288 g/mol. The number of nitrogen functional groups attached to an aromatic ring is 1. The van der Waals surface area contributed by atoms with Crippen LogP contribution >= 0.6 is 0 Å². The number of aryl methyl sites for hydroxylation is 2. The molecule has 112 valence electrons. The zero-order valence-corrected chi connectivity index (χ0v) is 12.7. The highest BCUT2D eigenvalue weighted by molar-refractivity contribution is 5.92. The van der Waals surface area contributed by atoms with Crippen LogP contribution in [0.2, 0.25) is 0 Å². The van der Waals surface area contributed by atoms with Crippen molar-refractivity contribution in [1.29, 1.82) is 0 Å². The van der Waals surface area contributed by atoms with Crippen molar-refractivity contribution < 1.29 is 9.53 Å². The molecule has 2 aromatic rings. The van der Waals surface area contributed by atoms with Crippen molar-refractivity contribution in [2.24, 2.45) is 0 Å². The Morgan fingerprint density at radius 1 is 1.38 bits per heavy atom. The molecule has 0 aliphatic rings. The van der Waals surface area contributed by atoms with E-state index in [1.54, 1.807) is 11.8 Å². The predicted octanol–water partition coefficient (Wildman–Crippen LogP) is 2.04. The second kappa shape index (κ2) is 5.87. The summed E-state index contributed by atoms with van der Waals surface area (Å²) in [6, 6.07) is 5.62. The molecular weight excluding hydrogens is 268 g/mol. The molecule has 0 aliphatic heterocycles. The number of benzene rings is 1. The molecule has 1 aromatic carbocycles. The molecule has 0 unspecified atom stereocenters. The minimum Gasteiger partial charge on any atom is -0.495 e. The number of nitrogens with two attached hydrogens (primary N) is 1. The molecule has 1 amide bonds. The van der Waals surface area contributed by atoms with Gasteiger partial charge < -0.3 is 15.8 Å². The zero-order valence-electron chi connectivity index (χ0n) is 12.7. The average Bonchev–Trinajstić information content (AvgIpc) is 2.66. The number of hydrogen-bond donors (Lipinski definition) is 2. The van der Waals surface area contributed by atoms with Gasteiger partial charge in [0, 0.05) is 0 Å². The van der Waals surface area contributed by atoms with Gasteiger partial charge in [0.25, 0.3) is 0 Å². The van der Waals surface area contributed by atoms with E-state index in [0.717, 1.165) is 17.0 Å². The van der Waals surface area contributed by atoms with Crippen LogP contribution in [-0.4, -0.2) is 22.8 Å². The summed E-state index contributed by atoms with van der Waals surface area (Å²) in [5.74, 6) is 0.450. The van der Waals surface area contributed by atoms with Crippen LogP contribution in [-0.2, 0) is 11.3 Å². The van der Waals surface area contributed by atoms with E-state index in [0.29, 0.717) is 17.1 Å². The lowest BCUT2D eigenvalue weighted by Crippen LogP contribution is -2.20. The van der Waals surface area contributed by atoms with E-state index in [2.05, 4.69) is 10.4 Å². The number of carbonyl (C=O) groups is 1. The fourth-order valence-electron chi connectivity index (χ4n) is 2.11. The minimum absolute atomic E-state index is 0.112. The fraction of sp³-hybridized carbons (Fsp3) is 0.333. The van der Waals surface area contributed by atoms with Crippen molar-refractivity contribution in [2.75, 3.05) is 18.2 Å². The molecular formula is C15H20N4O2. The van der Waals surface area contributed by atoms with Gasteiger partial charge in [-0.1, -0.05) is 6.07 Å². The van der Waals surface area contributed by atoms with E-state index in [1.165, 1.54) is 0 Å². The van der Waals surface area contributed by atoms with Crippen LogP contribution in [0.25, 0.3) is 0 Å². The topological polar surface area (TPSA) is 82.2 Å². The van der Waals surface area contributed by atoms with Gasteiger partial charge in [-0.2, -0.15) is 5.10 Å². The summed E-state index contributed by atoms with van der Waals surface area (Å²) in [7, 11) is 1.57. The molecule has 0 spiro atoms. The van der Waals surface area contributed by atoms with Crippen molar-refractivity contribution >= 4 is 17.3 Å². The first-order valence-electron chi connectivity index (χ1n) is 6.66. The molecule has 6 nitrogen and oxygen atoms in total. The second-order valence-corrected chi connectivity index (χ2v) is 4.99. The number of carbonyl (C=O) groups excluding carboxylic acids is 1. The van der Waals surface area contributed by atoms with Crippen LogP contribution < -0.4 is 15.8 Å². The van der Waals surface area contributed by atoms with E-state index in [-0.39, 0.29) is 12.5 Å². The summed E-state index contributed by atoms with van der Waals surface area (Å²) in [6.45, 7) is 5.73. The predicted molar refractivity (Wildman–Crippen MR) is 82.5 cm³/mol. The molecule has 0 bridgehead atoms. The van der Waals surface area contributed by atoms with Gasteiger partial charge in [0.05, 0.1) is 29.9 Å². The molecule has 0 radical (unpaired) electrons. The van der Waals surface area contributed by atoms with Gasteiger partial charge in [-0.25, -0.2) is 0 Å². The van der Waals surface area contributed by atoms with Gasteiger partial charge in [0.15, 0.2) is 0 Å². The number of rotatable bonds is 4. The van der Waals surface area contributed by atoms with Crippen molar-refractivity contribution in [2.45, 2.75) is 27.3 Å². The first-order valence-corrected chi connectivity index (χ1v) is 6.66. The first-order chi connectivity index (χ1) is 9.92. The maximum atomic E-state index is 12.2. The maximum absolute atomic E-state index is 12.2.